The molecule has 0 saturated carbocycles. The van der Waals surface area contributed by atoms with Crippen molar-refractivity contribution in [3.05, 3.63) is 35.4 Å². The Morgan fingerprint density at radius 2 is 1.94 bits per heavy atom. The van der Waals surface area contributed by atoms with E-state index in [1.165, 1.54) is 0 Å². The lowest BCUT2D eigenvalue weighted by Gasteiger charge is -2.20. The van der Waals surface area contributed by atoms with E-state index in [0.29, 0.717) is 5.56 Å². The molecule has 0 bridgehead atoms. The number of aromatic carboxylic acids is 1. The molecule has 0 heterocycles. The molecule has 0 aliphatic rings. The molecule has 0 unspecified atom stereocenters. The van der Waals surface area contributed by atoms with E-state index < -0.39 is 5.97 Å². The lowest BCUT2D eigenvalue weighted by molar-refractivity contribution is 0.0697. The molecule has 0 radical (unpaired) electrons. The van der Waals surface area contributed by atoms with Gasteiger partial charge < -0.3 is 9.84 Å². The summed E-state index contributed by atoms with van der Waals surface area (Å²) in [6.45, 7) is 8.24. The second-order valence-electron chi connectivity index (χ2n) is 4.07. The topological polar surface area (TPSA) is 49.8 Å². The van der Waals surface area contributed by atoms with Crippen molar-refractivity contribution < 1.29 is 14.6 Å². The van der Waals surface area contributed by atoms with Crippen LogP contribution in [0.25, 0.3) is 0 Å². The van der Waals surface area contributed by atoms with E-state index in [1.54, 1.807) is 12.1 Å². The Bertz CT molecular complexity index is 362. The van der Waals surface area contributed by atoms with Gasteiger partial charge in [-0.3, -0.25) is 4.90 Å². The van der Waals surface area contributed by atoms with Crippen LogP contribution in [-0.4, -0.2) is 42.3 Å². The molecule has 1 aromatic rings. The molecular formula is C14H21NO3. The van der Waals surface area contributed by atoms with Gasteiger partial charge in [-0.05, 0) is 31.2 Å². The highest BCUT2D eigenvalue weighted by molar-refractivity contribution is 5.87. The molecule has 18 heavy (non-hydrogen) atoms. The van der Waals surface area contributed by atoms with Gasteiger partial charge in [0.05, 0.1) is 12.2 Å². The molecule has 0 atom stereocenters. The zero-order chi connectivity index (χ0) is 13.4. The predicted octanol–water partition coefficient (Wildman–Crippen LogP) is 2.24. The quantitative estimate of drug-likeness (QED) is 0.720. The number of carbonyl (C=O) groups is 1. The van der Waals surface area contributed by atoms with Crippen LogP contribution in [0.3, 0.4) is 0 Å². The molecule has 0 aliphatic carbocycles. The highest BCUT2D eigenvalue weighted by Gasteiger charge is 2.05. The zero-order valence-electron chi connectivity index (χ0n) is 11.1. The summed E-state index contributed by atoms with van der Waals surface area (Å²) in [4.78, 5) is 13.0. The summed E-state index contributed by atoms with van der Waals surface area (Å²) in [5.41, 5.74) is 1.45. The molecule has 0 spiro atoms. The van der Waals surface area contributed by atoms with Gasteiger partial charge in [-0.1, -0.05) is 19.1 Å². The van der Waals surface area contributed by atoms with Crippen molar-refractivity contribution in [3.8, 4) is 0 Å². The predicted molar refractivity (Wildman–Crippen MR) is 70.8 cm³/mol. The molecule has 4 heteroatoms. The summed E-state index contributed by atoms with van der Waals surface area (Å²) in [7, 11) is 0. The Morgan fingerprint density at radius 3 is 2.44 bits per heavy atom. The molecular weight excluding hydrogens is 230 g/mol. The fourth-order valence-corrected chi connectivity index (χ4v) is 1.70. The third-order valence-electron chi connectivity index (χ3n) is 2.81. The van der Waals surface area contributed by atoms with Crippen LogP contribution < -0.4 is 0 Å². The largest absolute Gasteiger partial charge is 0.478 e. The molecule has 1 rings (SSSR count). The van der Waals surface area contributed by atoms with Gasteiger partial charge in [-0.2, -0.15) is 0 Å². The average molecular weight is 251 g/mol. The molecule has 4 nitrogen and oxygen atoms in total. The number of hydrogen-bond donors (Lipinski definition) is 1. The first-order valence-corrected chi connectivity index (χ1v) is 6.29. The Hall–Kier alpha value is -1.39. The van der Waals surface area contributed by atoms with Crippen LogP contribution in [0.5, 0.6) is 0 Å². The highest BCUT2D eigenvalue weighted by atomic mass is 16.5. The third-order valence-corrected chi connectivity index (χ3v) is 2.81. The van der Waals surface area contributed by atoms with Crippen molar-refractivity contribution in [2.24, 2.45) is 0 Å². The fraction of sp³-hybridized carbons (Fsp3) is 0.500. The minimum atomic E-state index is -0.884. The Kier molecular flexibility index (Phi) is 6.39. The Balaban J connectivity index is 2.50. The van der Waals surface area contributed by atoms with E-state index in [2.05, 4.69) is 11.8 Å². The monoisotopic (exact) mass is 251 g/mol. The van der Waals surface area contributed by atoms with E-state index in [1.807, 2.05) is 19.1 Å². The van der Waals surface area contributed by atoms with Crippen LogP contribution in [0.2, 0.25) is 0 Å². The molecule has 1 aromatic carbocycles. The van der Waals surface area contributed by atoms with Gasteiger partial charge in [0.15, 0.2) is 0 Å². The standard InChI is InChI=1S/C14H21NO3/c1-3-15(9-10-18-4-2)11-12-5-7-13(8-6-12)14(16)17/h5-8H,3-4,9-11H2,1-2H3,(H,16,17). The first-order valence-electron chi connectivity index (χ1n) is 6.29. The van der Waals surface area contributed by atoms with E-state index in [9.17, 15) is 4.79 Å². The van der Waals surface area contributed by atoms with Crippen molar-refractivity contribution in [2.45, 2.75) is 20.4 Å². The summed E-state index contributed by atoms with van der Waals surface area (Å²) < 4.78 is 5.33. The zero-order valence-corrected chi connectivity index (χ0v) is 11.1. The van der Waals surface area contributed by atoms with E-state index in [-0.39, 0.29) is 0 Å². The van der Waals surface area contributed by atoms with Crippen LogP contribution in [0, 0.1) is 0 Å². The number of ether oxygens (including phenoxy) is 1. The maximum Gasteiger partial charge on any atom is 0.335 e. The van der Waals surface area contributed by atoms with Crippen LogP contribution in [0.4, 0.5) is 0 Å². The molecule has 0 fully saturated rings. The van der Waals surface area contributed by atoms with Gasteiger partial charge in [0.2, 0.25) is 0 Å². The van der Waals surface area contributed by atoms with Gasteiger partial charge in [-0.25, -0.2) is 4.79 Å². The average Bonchev–Trinajstić information content (AvgIpc) is 2.38. The normalized spacial score (nSPS) is 10.8. The van der Waals surface area contributed by atoms with Gasteiger partial charge in [0, 0.05) is 19.7 Å². The maximum absolute atomic E-state index is 10.7. The molecule has 100 valence electrons. The highest BCUT2D eigenvalue weighted by Crippen LogP contribution is 2.07. The Morgan fingerprint density at radius 1 is 1.28 bits per heavy atom. The number of carboxylic acids is 1. The van der Waals surface area contributed by atoms with Gasteiger partial charge >= 0.3 is 5.97 Å². The number of nitrogens with zero attached hydrogens (tertiary/aromatic N) is 1. The van der Waals surface area contributed by atoms with E-state index in [4.69, 9.17) is 9.84 Å². The first-order chi connectivity index (χ1) is 8.67. The SMILES string of the molecule is CCOCCN(CC)Cc1ccc(C(=O)O)cc1. The van der Waals surface area contributed by atoms with Crippen molar-refractivity contribution in [1.29, 1.82) is 0 Å². The van der Waals surface area contributed by atoms with Crippen LogP contribution in [0.15, 0.2) is 24.3 Å². The minimum Gasteiger partial charge on any atom is -0.478 e. The summed E-state index contributed by atoms with van der Waals surface area (Å²) in [6, 6.07) is 7.03. The number of hydrogen-bond acceptors (Lipinski definition) is 3. The molecule has 1 N–H and O–H groups in total. The number of likely N-dealkylation sites (N-methyl/N-ethyl adjacent to an activating group) is 1. The maximum atomic E-state index is 10.7. The van der Waals surface area contributed by atoms with Crippen LogP contribution >= 0.6 is 0 Å². The second kappa shape index (κ2) is 7.84. The van der Waals surface area contributed by atoms with Gasteiger partial charge in [0.1, 0.15) is 0 Å². The number of benzene rings is 1. The lowest BCUT2D eigenvalue weighted by Crippen LogP contribution is -2.27. The molecule has 0 amide bonds. The summed E-state index contributed by atoms with van der Waals surface area (Å²) >= 11 is 0. The van der Waals surface area contributed by atoms with Gasteiger partial charge in [-0.15, -0.1) is 0 Å². The molecule has 0 aliphatic heterocycles. The molecule has 0 aromatic heterocycles. The fourth-order valence-electron chi connectivity index (χ4n) is 1.70. The summed E-state index contributed by atoms with van der Waals surface area (Å²) in [6.07, 6.45) is 0. The second-order valence-corrected chi connectivity index (χ2v) is 4.07. The van der Waals surface area contributed by atoms with Crippen LogP contribution in [0.1, 0.15) is 29.8 Å². The minimum absolute atomic E-state index is 0.330. The number of rotatable bonds is 8. The van der Waals surface area contributed by atoms with E-state index in [0.717, 1.165) is 38.4 Å². The lowest BCUT2D eigenvalue weighted by atomic mass is 10.1. The van der Waals surface area contributed by atoms with Crippen LogP contribution in [-0.2, 0) is 11.3 Å². The molecule has 0 saturated heterocycles. The van der Waals surface area contributed by atoms with Gasteiger partial charge in [0.25, 0.3) is 0 Å². The van der Waals surface area contributed by atoms with Crippen molar-refractivity contribution in [1.82, 2.24) is 4.90 Å². The summed E-state index contributed by atoms with van der Waals surface area (Å²) in [5.74, 6) is -0.884. The summed E-state index contributed by atoms with van der Waals surface area (Å²) in [5, 5.41) is 8.82. The van der Waals surface area contributed by atoms with Crippen molar-refractivity contribution >= 4 is 5.97 Å². The number of carboxylic acid groups (broad SMARTS) is 1. The smallest absolute Gasteiger partial charge is 0.335 e. The van der Waals surface area contributed by atoms with E-state index >= 15 is 0 Å². The first kappa shape index (κ1) is 14.7. The van der Waals surface area contributed by atoms with Crippen molar-refractivity contribution in [3.63, 3.8) is 0 Å². The third kappa shape index (κ3) is 4.85. The Labute approximate surface area is 108 Å². The van der Waals surface area contributed by atoms with Crippen molar-refractivity contribution in [2.75, 3.05) is 26.3 Å².